The van der Waals surface area contributed by atoms with E-state index in [-0.39, 0.29) is 5.92 Å². The number of nitrogens with zero attached hydrogens (tertiary/aromatic N) is 2. The second-order valence-corrected chi connectivity index (χ2v) is 6.88. The number of imidazole rings is 1. The molecule has 0 radical (unpaired) electrons. The van der Waals surface area contributed by atoms with E-state index in [1.807, 2.05) is 42.7 Å². The van der Waals surface area contributed by atoms with Crippen molar-refractivity contribution in [1.82, 2.24) is 9.55 Å². The molecule has 0 saturated heterocycles. The number of aromatic nitrogens is 2. The van der Waals surface area contributed by atoms with Crippen LogP contribution in [0.4, 0.5) is 0 Å². The molecule has 1 aromatic heterocycles. The Labute approximate surface area is 165 Å². The molecule has 144 valence electrons. The predicted molar refractivity (Wildman–Crippen MR) is 109 cm³/mol. The Balaban J connectivity index is 1.99. The van der Waals surface area contributed by atoms with Crippen LogP contribution in [0.1, 0.15) is 52.9 Å². The Kier molecular flexibility index (Phi) is 5.73. The summed E-state index contributed by atoms with van der Waals surface area (Å²) in [5, 5.41) is 0. The van der Waals surface area contributed by atoms with E-state index in [4.69, 9.17) is 9.72 Å². The Bertz CT molecular complexity index is 993. The van der Waals surface area contributed by atoms with Crippen molar-refractivity contribution < 1.29 is 14.3 Å². The number of Topliss-reactive ketones (excluding diaryl/α,β-unsaturated/α-hetero) is 2. The van der Waals surface area contributed by atoms with Crippen LogP contribution >= 0.6 is 0 Å². The van der Waals surface area contributed by atoms with Crippen LogP contribution in [-0.4, -0.2) is 28.2 Å². The number of allylic oxidation sites excluding steroid dienone is 4. The zero-order chi connectivity index (χ0) is 20.3. The van der Waals surface area contributed by atoms with E-state index >= 15 is 0 Å². The summed E-state index contributed by atoms with van der Waals surface area (Å²) >= 11 is 0. The Hall–Kier alpha value is -3.21. The van der Waals surface area contributed by atoms with Gasteiger partial charge in [0.2, 0.25) is 5.78 Å². The average molecular weight is 376 g/mol. The van der Waals surface area contributed by atoms with Crippen molar-refractivity contribution in [3.63, 3.8) is 0 Å². The maximum atomic E-state index is 12.8. The van der Waals surface area contributed by atoms with Gasteiger partial charge in [0.1, 0.15) is 23.0 Å². The monoisotopic (exact) mass is 376 g/mol. The third kappa shape index (κ3) is 3.48. The van der Waals surface area contributed by atoms with Gasteiger partial charge >= 0.3 is 0 Å². The SMILES string of the molecule is C=C/C=C(\C=C/CCn1c(C(C)C)nc2c1C(=O)C(=O)c1ccccc1-2)OC. The van der Waals surface area contributed by atoms with E-state index < -0.39 is 11.6 Å². The molecule has 3 rings (SSSR count). The molecule has 0 saturated carbocycles. The second-order valence-electron chi connectivity index (χ2n) is 6.88. The molecule has 0 unspecified atom stereocenters. The molecule has 0 fully saturated rings. The first-order valence-electron chi connectivity index (χ1n) is 9.31. The van der Waals surface area contributed by atoms with E-state index in [2.05, 4.69) is 6.58 Å². The summed E-state index contributed by atoms with van der Waals surface area (Å²) < 4.78 is 7.13. The van der Waals surface area contributed by atoms with Crippen LogP contribution in [0.5, 0.6) is 0 Å². The van der Waals surface area contributed by atoms with Gasteiger partial charge in [-0.1, -0.05) is 56.8 Å². The molecular weight excluding hydrogens is 352 g/mol. The minimum Gasteiger partial charge on any atom is -0.497 e. The fourth-order valence-corrected chi connectivity index (χ4v) is 3.38. The van der Waals surface area contributed by atoms with Crippen LogP contribution in [0.3, 0.4) is 0 Å². The van der Waals surface area contributed by atoms with Crippen LogP contribution in [0.25, 0.3) is 11.3 Å². The van der Waals surface area contributed by atoms with Gasteiger partial charge < -0.3 is 9.30 Å². The normalized spacial score (nSPS) is 13.8. The van der Waals surface area contributed by atoms with Gasteiger partial charge in [-0.15, -0.1) is 0 Å². The number of carbonyl (C=O) groups excluding carboxylic acids is 2. The van der Waals surface area contributed by atoms with E-state index in [0.717, 1.165) is 11.4 Å². The van der Waals surface area contributed by atoms with Crippen LogP contribution in [0.15, 0.2) is 60.9 Å². The van der Waals surface area contributed by atoms with E-state index in [9.17, 15) is 9.59 Å². The predicted octanol–water partition coefficient (Wildman–Crippen LogP) is 4.72. The molecule has 0 bridgehead atoms. The first-order valence-corrected chi connectivity index (χ1v) is 9.31. The average Bonchev–Trinajstić information content (AvgIpc) is 3.08. The molecule has 0 N–H and O–H groups in total. The summed E-state index contributed by atoms with van der Waals surface area (Å²) in [7, 11) is 1.60. The largest absolute Gasteiger partial charge is 0.497 e. The van der Waals surface area contributed by atoms with E-state index in [0.29, 0.717) is 35.7 Å². The maximum absolute atomic E-state index is 12.8. The first kappa shape index (κ1) is 19.5. The third-order valence-corrected chi connectivity index (χ3v) is 4.68. The summed E-state index contributed by atoms with van der Waals surface area (Å²) in [6, 6.07) is 7.17. The molecule has 0 atom stereocenters. The molecule has 5 nitrogen and oxygen atoms in total. The highest BCUT2D eigenvalue weighted by Crippen LogP contribution is 2.35. The van der Waals surface area contributed by atoms with Crippen molar-refractivity contribution in [1.29, 1.82) is 0 Å². The lowest BCUT2D eigenvalue weighted by atomic mass is 9.90. The lowest BCUT2D eigenvalue weighted by Crippen LogP contribution is -2.24. The molecule has 0 spiro atoms. The Morgan fingerprint density at radius 2 is 1.93 bits per heavy atom. The molecule has 0 aliphatic heterocycles. The summed E-state index contributed by atoms with van der Waals surface area (Å²) in [6.45, 7) is 8.28. The fraction of sp³-hybridized carbons (Fsp3) is 0.261. The summed E-state index contributed by atoms with van der Waals surface area (Å²) in [5.41, 5.74) is 2.17. The summed E-state index contributed by atoms with van der Waals surface area (Å²) in [6.07, 6.45) is 7.94. The molecule has 1 aromatic carbocycles. The molecule has 1 heterocycles. The second kappa shape index (κ2) is 8.21. The van der Waals surface area contributed by atoms with Gasteiger partial charge in [-0.2, -0.15) is 0 Å². The number of rotatable bonds is 7. The topological polar surface area (TPSA) is 61.2 Å². The quantitative estimate of drug-likeness (QED) is 0.399. The van der Waals surface area contributed by atoms with Crippen molar-refractivity contribution >= 4 is 11.6 Å². The van der Waals surface area contributed by atoms with Gasteiger partial charge in [-0.25, -0.2) is 4.98 Å². The zero-order valence-electron chi connectivity index (χ0n) is 16.4. The van der Waals surface area contributed by atoms with E-state index in [1.165, 1.54) is 0 Å². The number of methoxy groups -OCH3 is 1. The fourth-order valence-electron chi connectivity index (χ4n) is 3.38. The minimum absolute atomic E-state index is 0.125. The van der Waals surface area contributed by atoms with Crippen molar-refractivity contribution in [2.45, 2.75) is 32.7 Å². The van der Waals surface area contributed by atoms with Crippen molar-refractivity contribution in [2.24, 2.45) is 0 Å². The number of fused-ring (bicyclic) bond motifs is 3. The highest BCUT2D eigenvalue weighted by Gasteiger charge is 2.36. The Morgan fingerprint density at radius 1 is 1.21 bits per heavy atom. The minimum atomic E-state index is -0.485. The lowest BCUT2D eigenvalue weighted by Gasteiger charge is -2.16. The van der Waals surface area contributed by atoms with Crippen LogP contribution in [0.2, 0.25) is 0 Å². The van der Waals surface area contributed by atoms with Gasteiger partial charge in [-0.05, 0) is 18.6 Å². The highest BCUT2D eigenvalue weighted by molar-refractivity contribution is 6.52. The smallest absolute Gasteiger partial charge is 0.252 e. The number of hydrogen-bond donors (Lipinski definition) is 0. The molecule has 0 amide bonds. The molecule has 2 aromatic rings. The Morgan fingerprint density at radius 3 is 2.57 bits per heavy atom. The van der Waals surface area contributed by atoms with E-state index in [1.54, 1.807) is 31.4 Å². The first-order chi connectivity index (χ1) is 13.5. The number of ketones is 2. The van der Waals surface area contributed by atoms with Crippen LogP contribution < -0.4 is 0 Å². The van der Waals surface area contributed by atoms with Gasteiger partial charge in [-0.3, -0.25) is 9.59 Å². The number of hydrogen-bond acceptors (Lipinski definition) is 4. The highest BCUT2D eigenvalue weighted by atomic mass is 16.5. The van der Waals surface area contributed by atoms with Gasteiger partial charge in [0.05, 0.1) is 7.11 Å². The van der Waals surface area contributed by atoms with Crippen molar-refractivity contribution in [2.75, 3.05) is 7.11 Å². The molecule has 1 aliphatic rings. The van der Waals surface area contributed by atoms with Gasteiger partial charge in [0.15, 0.2) is 0 Å². The standard InChI is InChI=1S/C23H24N2O3/c1-5-10-16(28-4)11-8-9-14-25-20-19(24-23(25)15(2)3)17-12-6-7-13-18(17)21(26)22(20)27/h5-8,10-13,15H,1,9,14H2,2-4H3/b11-8-,16-10+. The number of ether oxygens (including phenoxy) is 1. The molecule has 5 heteroatoms. The molecule has 1 aliphatic carbocycles. The van der Waals surface area contributed by atoms with Gasteiger partial charge in [0, 0.05) is 23.6 Å². The maximum Gasteiger partial charge on any atom is 0.252 e. The summed E-state index contributed by atoms with van der Waals surface area (Å²) in [5.74, 6) is 0.684. The van der Waals surface area contributed by atoms with Crippen LogP contribution in [-0.2, 0) is 11.3 Å². The number of benzene rings is 1. The zero-order valence-corrected chi connectivity index (χ0v) is 16.4. The van der Waals surface area contributed by atoms with Crippen molar-refractivity contribution in [3.05, 3.63) is 78.0 Å². The molecular formula is C23H24N2O3. The van der Waals surface area contributed by atoms with Crippen LogP contribution in [0, 0.1) is 0 Å². The number of carbonyl (C=O) groups is 2. The lowest BCUT2D eigenvalue weighted by molar-refractivity contribution is 0.0809. The summed E-state index contributed by atoms with van der Waals surface area (Å²) in [4.78, 5) is 30.2. The third-order valence-electron chi connectivity index (χ3n) is 4.68. The van der Waals surface area contributed by atoms with Crippen molar-refractivity contribution in [3.8, 4) is 11.3 Å². The van der Waals surface area contributed by atoms with Gasteiger partial charge in [0.25, 0.3) is 5.78 Å². The molecule has 28 heavy (non-hydrogen) atoms.